The summed E-state index contributed by atoms with van der Waals surface area (Å²) in [5, 5.41) is 3.41. The van der Waals surface area contributed by atoms with E-state index in [4.69, 9.17) is 22.1 Å². The van der Waals surface area contributed by atoms with Crippen molar-refractivity contribution in [2.45, 2.75) is 13.0 Å². The summed E-state index contributed by atoms with van der Waals surface area (Å²) in [6, 6.07) is 2.88. The van der Waals surface area contributed by atoms with E-state index in [9.17, 15) is 4.79 Å². The lowest BCUT2D eigenvalue weighted by Gasteiger charge is -2.17. The van der Waals surface area contributed by atoms with Crippen molar-refractivity contribution in [2.75, 3.05) is 14.2 Å². The van der Waals surface area contributed by atoms with Crippen LogP contribution in [-0.2, 0) is 4.79 Å². The first-order valence-corrected chi connectivity index (χ1v) is 5.19. The van der Waals surface area contributed by atoms with Crippen LogP contribution in [0.15, 0.2) is 12.1 Å². The lowest BCUT2D eigenvalue weighted by Crippen LogP contribution is -2.31. The Labute approximate surface area is 99.7 Å². The van der Waals surface area contributed by atoms with Crippen molar-refractivity contribution in [2.24, 2.45) is 5.73 Å². The molecule has 0 saturated carbocycles. The van der Waals surface area contributed by atoms with Crippen LogP contribution in [0.4, 0.5) is 0 Å². The number of ether oxygens (including phenoxy) is 1. The van der Waals surface area contributed by atoms with Crippen LogP contribution in [-0.4, -0.2) is 20.1 Å². The normalized spacial score (nSPS) is 12.2. The molecule has 0 fully saturated rings. The number of carbonyl (C=O) groups is 1. The Morgan fingerprint density at radius 2 is 2.19 bits per heavy atom. The molecular formula is C11H15ClN2O2. The molecule has 1 amide bonds. The van der Waals surface area contributed by atoms with Crippen molar-refractivity contribution >= 4 is 17.5 Å². The number of carbonyl (C=O) groups excluding carboxylic acids is 1. The van der Waals surface area contributed by atoms with E-state index in [1.165, 1.54) is 0 Å². The third kappa shape index (κ3) is 2.46. The van der Waals surface area contributed by atoms with Crippen molar-refractivity contribution in [1.29, 1.82) is 0 Å². The van der Waals surface area contributed by atoms with Gasteiger partial charge in [0.2, 0.25) is 5.91 Å². The summed E-state index contributed by atoms with van der Waals surface area (Å²) in [6.45, 7) is 1.87. The van der Waals surface area contributed by atoms with E-state index in [-0.39, 0.29) is 0 Å². The molecule has 0 aromatic heterocycles. The summed E-state index contributed by atoms with van der Waals surface area (Å²) in [5.41, 5.74) is 6.83. The van der Waals surface area contributed by atoms with Crippen LogP contribution in [0.2, 0.25) is 5.02 Å². The topological polar surface area (TPSA) is 64.3 Å². The average molecular weight is 243 g/mol. The number of benzene rings is 1. The number of methoxy groups -OCH3 is 1. The maximum atomic E-state index is 11.3. The molecule has 1 aromatic rings. The van der Waals surface area contributed by atoms with Gasteiger partial charge in [-0.05, 0) is 31.7 Å². The van der Waals surface area contributed by atoms with Gasteiger partial charge in [-0.25, -0.2) is 0 Å². The van der Waals surface area contributed by atoms with Crippen LogP contribution in [0.1, 0.15) is 17.2 Å². The van der Waals surface area contributed by atoms with E-state index >= 15 is 0 Å². The minimum Gasteiger partial charge on any atom is -0.496 e. The average Bonchev–Trinajstić information content (AvgIpc) is 2.23. The molecule has 4 nitrogen and oxygen atoms in total. The Balaban J connectivity index is 3.30. The Morgan fingerprint density at radius 3 is 2.62 bits per heavy atom. The van der Waals surface area contributed by atoms with Crippen LogP contribution in [0.25, 0.3) is 0 Å². The molecule has 1 atom stereocenters. The van der Waals surface area contributed by atoms with Gasteiger partial charge < -0.3 is 15.8 Å². The van der Waals surface area contributed by atoms with Crippen LogP contribution in [0, 0.1) is 6.92 Å². The Hall–Kier alpha value is -1.26. The fourth-order valence-corrected chi connectivity index (χ4v) is 1.70. The molecule has 1 aromatic carbocycles. The van der Waals surface area contributed by atoms with Crippen LogP contribution < -0.4 is 15.8 Å². The van der Waals surface area contributed by atoms with E-state index < -0.39 is 11.9 Å². The van der Waals surface area contributed by atoms with Gasteiger partial charge in [0.1, 0.15) is 11.8 Å². The van der Waals surface area contributed by atoms with Crippen LogP contribution in [0.3, 0.4) is 0 Å². The molecule has 0 heterocycles. The van der Waals surface area contributed by atoms with Gasteiger partial charge in [-0.3, -0.25) is 4.79 Å². The summed E-state index contributed by atoms with van der Waals surface area (Å²) in [6.07, 6.45) is 0. The van der Waals surface area contributed by atoms with Gasteiger partial charge in [0, 0.05) is 10.6 Å². The Kier molecular flexibility index (Phi) is 4.15. The minimum atomic E-state index is -0.604. The number of primary amides is 1. The van der Waals surface area contributed by atoms with E-state index in [1.807, 2.05) is 6.92 Å². The van der Waals surface area contributed by atoms with Gasteiger partial charge >= 0.3 is 0 Å². The van der Waals surface area contributed by atoms with E-state index in [1.54, 1.807) is 26.3 Å². The second-order valence-electron chi connectivity index (χ2n) is 3.47. The summed E-state index contributed by atoms with van der Waals surface area (Å²) in [5.74, 6) is 0.126. The quantitative estimate of drug-likeness (QED) is 0.839. The van der Waals surface area contributed by atoms with Gasteiger partial charge in [0.15, 0.2) is 0 Å². The van der Waals surface area contributed by atoms with Crippen molar-refractivity contribution in [3.05, 3.63) is 28.3 Å². The number of hydrogen-bond donors (Lipinski definition) is 2. The molecule has 5 heteroatoms. The van der Waals surface area contributed by atoms with Gasteiger partial charge in [-0.2, -0.15) is 0 Å². The molecule has 0 aliphatic heterocycles. The second kappa shape index (κ2) is 5.18. The number of nitrogens with two attached hydrogens (primary N) is 1. The molecule has 1 unspecified atom stereocenters. The first-order valence-electron chi connectivity index (χ1n) is 4.81. The van der Waals surface area contributed by atoms with E-state index in [2.05, 4.69) is 5.32 Å². The van der Waals surface area contributed by atoms with Crippen molar-refractivity contribution < 1.29 is 9.53 Å². The largest absolute Gasteiger partial charge is 0.496 e. The maximum Gasteiger partial charge on any atom is 0.239 e. The van der Waals surface area contributed by atoms with Gasteiger partial charge in [-0.1, -0.05) is 11.6 Å². The maximum absolute atomic E-state index is 11.3. The molecule has 0 bridgehead atoms. The number of aryl methyl sites for hydroxylation is 1. The molecule has 0 aliphatic carbocycles. The highest BCUT2D eigenvalue weighted by molar-refractivity contribution is 6.31. The molecule has 0 radical (unpaired) electrons. The number of amides is 1. The molecular weight excluding hydrogens is 228 g/mol. The number of rotatable bonds is 4. The summed E-state index contributed by atoms with van der Waals surface area (Å²) < 4.78 is 5.21. The third-order valence-corrected chi connectivity index (χ3v) is 2.80. The number of hydrogen-bond acceptors (Lipinski definition) is 3. The molecule has 0 saturated heterocycles. The molecule has 1 rings (SSSR count). The van der Waals surface area contributed by atoms with Gasteiger partial charge in [-0.15, -0.1) is 0 Å². The summed E-state index contributed by atoms with van der Waals surface area (Å²) in [4.78, 5) is 11.3. The number of likely N-dealkylation sites (N-methyl/N-ethyl adjacent to an activating group) is 1. The zero-order valence-electron chi connectivity index (χ0n) is 9.50. The van der Waals surface area contributed by atoms with Crippen molar-refractivity contribution in [3.63, 3.8) is 0 Å². The molecule has 16 heavy (non-hydrogen) atoms. The summed E-state index contributed by atoms with van der Waals surface area (Å²) >= 11 is 6.01. The molecule has 3 N–H and O–H groups in total. The second-order valence-corrected chi connectivity index (χ2v) is 3.87. The van der Waals surface area contributed by atoms with E-state index in [0.717, 1.165) is 5.56 Å². The first kappa shape index (κ1) is 12.8. The highest BCUT2D eigenvalue weighted by Gasteiger charge is 2.20. The molecule has 0 spiro atoms. The lowest BCUT2D eigenvalue weighted by atomic mass is 10.0. The molecule has 0 aliphatic rings. The van der Waals surface area contributed by atoms with Gasteiger partial charge in [0.25, 0.3) is 0 Å². The van der Waals surface area contributed by atoms with E-state index in [0.29, 0.717) is 16.3 Å². The predicted octanol–water partition coefficient (Wildman–Crippen LogP) is 1.40. The fraction of sp³-hybridized carbons (Fsp3) is 0.364. The third-order valence-electron chi connectivity index (χ3n) is 2.40. The zero-order valence-corrected chi connectivity index (χ0v) is 10.3. The van der Waals surface area contributed by atoms with Crippen molar-refractivity contribution in [3.8, 4) is 5.75 Å². The number of nitrogens with one attached hydrogen (secondary N) is 1. The minimum absolute atomic E-state index is 0.472. The number of halogens is 1. The fourth-order valence-electron chi connectivity index (χ4n) is 1.52. The smallest absolute Gasteiger partial charge is 0.239 e. The Bertz CT molecular complexity index is 407. The highest BCUT2D eigenvalue weighted by Crippen LogP contribution is 2.30. The van der Waals surface area contributed by atoms with Gasteiger partial charge in [0.05, 0.1) is 7.11 Å². The highest BCUT2D eigenvalue weighted by atomic mass is 35.5. The van der Waals surface area contributed by atoms with Crippen LogP contribution >= 0.6 is 11.6 Å². The standard InChI is InChI=1S/C11H15ClN2O2/c1-6-4-9(16-3)7(5-8(6)12)10(14-2)11(13)15/h4-5,10,14H,1-3H3,(H2,13,15). The SMILES string of the molecule is CNC(C(N)=O)c1cc(Cl)c(C)cc1OC. The summed E-state index contributed by atoms with van der Waals surface area (Å²) in [7, 11) is 3.20. The predicted molar refractivity (Wildman–Crippen MR) is 63.7 cm³/mol. The first-order chi connectivity index (χ1) is 7.51. The lowest BCUT2D eigenvalue weighted by molar-refractivity contribution is -0.120. The van der Waals surface area contributed by atoms with Crippen molar-refractivity contribution in [1.82, 2.24) is 5.32 Å². The molecule has 88 valence electrons. The Morgan fingerprint density at radius 1 is 1.56 bits per heavy atom. The van der Waals surface area contributed by atoms with Crippen LogP contribution in [0.5, 0.6) is 5.75 Å². The zero-order chi connectivity index (χ0) is 12.3. The monoisotopic (exact) mass is 242 g/mol.